The maximum Gasteiger partial charge on any atom is 0.0361 e. The van der Waals surface area contributed by atoms with E-state index in [0.29, 0.717) is 11.8 Å². The molecule has 1 spiro atoms. The van der Waals surface area contributed by atoms with Crippen molar-refractivity contribution >= 4 is 63.8 Å². The molecule has 2 fully saturated rings. The first-order valence-electron chi connectivity index (χ1n) is 20.6. The second-order valence-corrected chi connectivity index (χ2v) is 18.2. The minimum atomic E-state index is -0.0251. The summed E-state index contributed by atoms with van der Waals surface area (Å²) < 4.78 is 2.70. The molecule has 12 rings (SSSR count). The van der Waals surface area contributed by atoms with Crippen LogP contribution >= 0.6 is 11.3 Å². The third-order valence-corrected chi connectivity index (χ3v) is 15.7. The highest BCUT2D eigenvalue weighted by molar-refractivity contribution is 7.25. The Labute approximate surface area is 327 Å². The Kier molecular flexibility index (Phi) is 6.92. The Morgan fingerprint density at radius 1 is 0.527 bits per heavy atom. The van der Waals surface area contributed by atoms with Crippen LogP contribution in [0.5, 0.6) is 0 Å². The van der Waals surface area contributed by atoms with Gasteiger partial charge in [-0.25, -0.2) is 0 Å². The van der Waals surface area contributed by atoms with Gasteiger partial charge < -0.3 is 0 Å². The maximum atomic E-state index is 2.62. The quantitative estimate of drug-likeness (QED) is 0.159. The molecule has 1 heterocycles. The van der Waals surface area contributed by atoms with Crippen molar-refractivity contribution in [2.45, 2.75) is 51.4 Å². The number of fused-ring (bicyclic) bond motifs is 14. The molecule has 0 radical (unpaired) electrons. The molecule has 266 valence electrons. The van der Waals surface area contributed by atoms with Gasteiger partial charge in [0, 0.05) is 25.6 Å². The Morgan fingerprint density at radius 2 is 1.16 bits per heavy atom. The Balaban J connectivity index is 1.22. The molecule has 0 N–H and O–H groups in total. The van der Waals surface area contributed by atoms with Crippen LogP contribution in [0.25, 0.3) is 85.9 Å². The van der Waals surface area contributed by atoms with Crippen LogP contribution in [0.1, 0.15) is 57.1 Å². The van der Waals surface area contributed by atoms with Gasteiger partial charge in [-0.05, 0) is 144 Å². The van der Waals surface area contributed by atoms with Gasteiger partial charge in [-0.15, -0.1) is 11.3 Å². The van der Waals surface area contributed by atoms with Crippen molar-refractivity contribution in [2.24, 2.45) is 23.7 Å². The zero-order valence-corrected chi connectivity index (χ0v) is 32.4. The van der Waals surface area contributed by atoms with Crippen molar-refractivity contribution < 1.29 is 0 Å². The Hall–Kier alpha value is -5.24. The van der Waals surface area contributed by atoms with Gasteiger partial charge in [0.1, 0.15) is 0 Å². The molecular weight excluding hydrogens is 681 g/mol. The predicted octanol–water partition coefficient (Wildman–Crippen LogP) is 15.6. The van der Waals surface area contributed by atoms with E-state index in [-0.39, 0.29) is 5.41 Å². The summed E-state index contributed by atoms with van der Waals surface area (Å²) in [6.45, 7) is 5.06. The second kappa shape index (κ2) is 11.9. The first-order valence-corrected chi connectivity index (χ1v) is 21.5. The number of benzene rings is 8. The van der Waals surface area contributed by atoms with E-state index in [9.17, 15) is 0 Å². The monoisotopic (exact) mass is 724 g/mol. The molecule has 1 heteroatoms. The van der Waals surface area contributed by atoms with E-state index >= 15 is 0 Å². The fraction of sp³-hybridized carbons (Fsp3) is 0.222. The number of hydrogen-bond acceptors (Lipinski definition) is 1. The summed E-state index contributed by atoms with van der Waals surface area (Å²) in [5.74, 6) is 2.84. The minimum Gasteiger partial charge on any atom is -0.135 e. The van der Waals surface area contributed by atoms with E-state index in [2.05, 4.69) is 159 Å². The lowest BCUT2D eigenvalue weighted by Crippen LogP contribution is -2.49. The van der Waals surface area contributed by atoms with Gasteiger partial charge in [0.2, 0.25) is 0 Å². The number of hydrogen-bond donors (Lipinski definition) is 0. The largest absolute Gasteiger partial charge is 0.135 e. The Bertz CT molecular complexity index is 2970. The van der Waals surface area contributed by atoms with Crippen molar-refractivity contribution in [3.05, 3.63) is 157 Å². The third-order valence-electron chi connectivity index (χ3n) is 14.6. The molecular formula is C54H44S. The molecule has 0 saturated heterocycles. The van der Waals surface area contributed by atoms with Crippen LogP contribution in [0.4, 0.5) is 0 Å². The Morgan fingerprint density at radius 3 is 1.93 bits per heavy atom. The van der Waals surface area contributed by atoms with E-state index in [1.54, 1.807) is 11.1 Å². The molecule has 3 aliphatic rings. The van der Waals surface area contributed by atoms with Gasteiger partial charge in [0.25, 0.3) is 0 Å². The van der Waals surface area contributed by atoms with E-state index in [1.165, 1.54) is 118 Å². The van der Waals surface area contributed by atoms with Crippen LogP contribution in [0.2, 0.25) is 0 Å². The summed E-state index contributed by atoms with van der Waals surface area (Å²) in [5.41, 5.74) is 11.7. The van der Waals surface area contributed by atoms with Crippen LogP contribution < -0.4 is 0 Å². The number of rotatable bonds is 3. The van der Waals surface area contributed by atoms with E-state index in [0.717, 1.165) is 11.8 Å². The van der Waals surface area contributed by atoms with E-state index in [4.69, 9.17) is 0 Å². The molecule has 2 saturated carbocycles. The van der Waals surface area contributed by atoms with Gasteiger partial charge in [-0.1, -0.05) is 148 Å². The smallest absolute Gasteiger partial charge is 0.0361 e. The van der Waals surface area contributed by atoms with Crippen molar-refractivity contribution in [1.29, 1.82) is 0 Å². The fourth-order valence-corrected chi connectivity index (χ4v) is 13.7. The fourth-order valence-electron chi connectivity index (χ4n) is 12.5. The molecule has 0 amide bonds. The SMILES string of the molecule is CCC1CC2CC(C)C3(c4ccccc4-c4cc5ccccc5c(-c5c6ccccc6c(-c6ccc7c(c6)sc6ccccc67)c6ccccc56)c43)C(C1)C2. The molecule has 2 bridgehead atoms. The zero-order chi connectivity index (χ0) is 36.4. The molecule has 8 aromatic carbocycles. The van der Waals surface area contributed by atoms with Crippen molar-refractivity contribution in [3.63, 3.8) is 0 Å². The lowest BCUT2D eigenvalue weighted by atomic mass is 9.48. The van der Waals surface area contributed by atoms with E-state index in [1.807, 2.05) is 11.3 Å². The molecule has 9 aromatic rings. The molecule has 55 heavy (non-hydrogen) atoms. The molecule has 0 aliphatic heterocycles. The topological polar surface area (TPSA) is 0 Å². The van der Waals surface area contributed by atoms with Crippen molar-refractivity contribution in [1.82, 2.24) is 0 Å². The third kappa shape index (κ3) is 4.34. The van der Waals surface area contributed by atoms with Crippen LogP contribution in [0, 0.1) is 23.7 Å². The normalized spacial score (nSPS) is 22.9. The summed E-state index contributed by atoms with van der Waals surface area (Å²) in [7, 11) is 0. The van der Waals surface area contributed by atoms with E-state index < -0.39 is 0 Å². The lowest BCUT2D eigenvalue weighted by molar-refractivity contribution is 0.0371. The highest BCUT2D eigenvalue weighted by Crippen LogP contribution is 2.67. The van der Waals surface area contributed by atoms with Gasteiger partial charge in [-0.3, -0.25) is 0 Å². The average Bonchev–Trinajstić information content (AvgIpc) is 3.75. The maximum absolute atomic E-state index is 2.62. The number of thiophene rings is 1. The van der Waals surface area contributed by atoms with Crippen LogP contribution in [0.15, 0.2) is 146 Å². The highest BCUT2D eigenvalue weighted by Gasteiger charge is 2.58. The molecule has 3 aliphatic carbocycles. The molecule has 1 aromatic heterocycles. The standard InChI is InChI=1S/C54H44S/c1-3-33-27-34-26-32(2)54(37(28-33)29-34)47-22-12-10-16-39(47)46-30-35-14-4-5-15-38(35)52(53(46)54)51-44-20-8-6-18-42(44)50(43-19-7-9-21-45(43)51)36-24-25-41-40-17-11-13-23-48(40)55-49(41)31-36/h4-25,30-34,37H,3,26-29H2,1-2H3. The van der Waals surface area contributed by atoms with Crippen molar-refractivity contribution in [2.75, 3.05) is 0 Å². The second-order valence-electron chi connectivity index (χ2n) is 17.1. The molecule has 0 nitrogen and oxygen atoms in total. The highest BCUT2D eigenvalue weighted by atomic mass is 32.1. The van der Waals surface area contributed by atoms with Crippen LogP contribution in [0.3, 0.4) is 0 Å². The lowest BCUT2D eigenvalue weighted by Gasteiger charge is -2.55. The van der Waals surface area contributed by atoms with Gasteiger partial charge in [-0.2, -0.15) is 0 Å². The minimum absolute atomic E-state index is 0.0251. The summed E-state index contributed by atoms with van der Waals surface area (Å²) >= 11 is 1.91. The van der Waals surface area contributed by atoms with Gasteiger partial charge in [0.15, 0.2) is 0 Å². The zero-order valence-electron chi connectivity index (χ0n) is 31.6. The van der Waals surface area contributed by atoms with Gasteiger partial charge >= 0.3 is 0 Å². The average molecular weight is 725 g/mol. The van der Waals surface area contributed by atoms with Crippen molar-refractivity contribution in [3.8, 4) is 33.4 Å². The van der Waals surface area contributed by atoms with Crippen LogP contribution in [-0.4, -0.2) is 0 Å². The molecule has 5 atom stereocenters. The first kappa shape index (κ1) is 32.0. The summed E-state index contributed by atoms with van der Waals surface area (Å²) in [5, 5.41) is 10.8. The van der Waals surface area contributed by atoms with Crippen LogP contribution in [-0.2, 0) is 5.41 Å². The summed E-state index contributed by atoms with van der Waals surface area (Å²) in [6.07, 6.45) is 6.70. The predicted molar refractivity (Wildman–Crippen MR) is 237 cm³/mol. The molecule has 5 unspecified atom stereocenters. The van der Waals surface area contributed by atoms with Gasteiger partial charge in [0.05, 0.1) is 0 Å². The first-order chi connectivity index (χ1) is 27.1. The summed E-state index contributed by atoms with van der Waals surface area (Å²) in [4.78, 5) is 0. The summed E-state index contributed by atoms with van der Waals surface area (Å²) in [6, 6.07) is 56.2.